The molecule has 0 radical (unpaired) electrons. The van der Waals surface area contributed by atoms with Gasteiger partial charge in [0.15, 0.2) is 0 Å². The van der Waals surface area contributed by atoms with Crippen LogP contribution in [0.15, 0.2) is 60.7 Å². The zero-order chi connectivity index (χ0) is 21.2. The Morgan fingerprint density at radius 2 is 1.74 bits per heavy atom. The van der Waals surface area contributed by atoms with Crippen molar-refractivity contribution in [3.63, 3.8) is 0 Å². The second-order valence-corrected chi connectivity index (χ2v) is 9.48. The van der Waals surface area contributed by atoms with Gasteiger partial charge in [0.25, 0.3) is 0 Å². The second-order valence-electron chi connectivity index (χ2n) is 9.48. The van der Waals surface area contributed by atoms with Crippen LogP contribution < -0.4 is 5.32 Å². The van der Waals surface area contributed by atoms with Gasteiger partial charge in [0.1, 0.15) is 5.75 Å². The van der Waals surface area contributed by atoms with Crippen LogP contribution in [0.3, 0.4) is 0 Å². The fraction of sp³-hybridized carbons (Fsp3) is 0.379. The first-order chi connectivity index (χ1) is 15.2. The average Bonchev–Trinajstić information content (AvgIpc) is 3.61. The maximum absolute atomic E-state index is 10.5. The number of phenols is 1. The minimum Gasteiger partial charge on any atom is -0.508 e. The molecule has 3 aromatic rings. The first-order valence-electron chi connectivity index (χ1n) is 11.9. The van der Waals surface area contributed by atoms with E-state index in [1.165, 1.54) is 51.8 Å². The van der Waals surface area contributed by atoms with E-state index in [4.69, 9.17) is 0 Å². The summed E-state index contributed by atoms with van der Waals surface area (Å²) in [6, 6.07) is 21.6. The lowest BCUT2D eigenvalue weighted by molar-refractivity contribution is 0.472. The van der Waals surface area contributed by atoms with Crippen LogP contribution in [-0.2, 0) is 19.3 Å². The molecule has 0 amide bonds. The van der Waals surface area contributed by atoms with Crippen molar-refractivity contribution in [1.29, 1.82) is 0 Å². The number of aryl methyl sites for hydroxylation is 2. The number of hydrogen-bond acceptors (Lipinski definition) is 2. The van der Waals surface area contributed by atoms with Gasteiger partial charge >= 0.3 is 0 Å². The molecule has 2 nitrogen and oxygen atoms in total. The molecule has 2 aliphatic carbocycles. The molecule has 1 atom stereocenters. The predicted molar refractivity (Wildman–Crippen MR) is 129 cm³/mol. The minimum atomic E-state index is 0.393. The van der Waals surface area contributed by atoms with Gasteiger partial charge in [0, 0.05) is 0 Å². The number of fused-ring (bicyclic) bond motifs is 1. The van der Waals surface area contributed by atoms with Crippen LogP contribution in [0.5, 0.6) is 5.75 Å². The second kappa shape index (κ2) is 8.88. The summed E-state index contributed by atoms with van der Waals surface area (Å²) in [5.41, 5.74) is 9.50. The Morgan fingerprint density at radius 1 is 0.935 bits per heavy atom. The molecule has 0 spiro atoms. The molecule has 2 aliphatic rings. The third-order valence-electron chi connectivity index (χ3n) is 7.18. The summed E-state index contributed by atoms with van der Waals surface area (Å²) in [7, 11) is 0. The highest BCUT2D eigenvalue weighted by atomic mass is 16.3. The van der Waals surface area contributed by atoms with E-state index in [0.29, 0.717) is 11.7 Å². The van der Waals surface area contributed by atoms with Gasteiger partial charge < -0.3 is 10.4 Å². The van der Waals surface area contributed by atoms with Crippen LogP contribution in [0.2, 0.25) is 0 Å². The van der Waals surface area contributed by atoms with Gasteiger partial charge in [-0.15, -0.1) is 0 Å². The van der Waals surface area contributed by atoms with Gasteiger partial charge in [-0.05, 0) is 121 Å². The van der Waals surface area contributed by atoms with Crippen LogP contribution in [0, 0.1) is 12.8 Å². The van der Waals surface area contributed by atoms with Crippen molar-refractivity contribution in [2.24, 2.45) is 5.92 Å². The summed E-state index contributed by atoms with van der Waals surface area (Å²) >= 11 is 0. The maximum Gasteiger partial charge on any atom is 0.116 e. The van der Waals surface area contributed by atoms with Gasteiger partial charge in [-0.25, -0.2) is 0 Å². The Hall–Kier alpha value is -2.58. The lowest BCUT2D eigenvalue weighted by Crippen LogP contribution is -2.20. The van der Waals surface area contributed by atoms with E-state index in [9.17, 15) is 5.11 Å². The smallest absolute Gasteiger partial charge is 0.116 e. The molecule has 2 heteroatoms. The van der Waals surface area contributed by atoms with Crippen LogP contribution in [-0.4, -0.2) is 18.2 Å². The molecule has 0 bridgehead atoms. The monoisotopic (exact) mass is 411 g/mol. The molecule has 31 heavy (non-hydrogen) atoms. The number of aromatic hydroxyl groups is 1. The van der Waals surface area contributed by atoms with E-state index in [1.54, 1.807) is 0 Å². The van der Waals surface area contributed by atoms with Crippen LogP contribution >= 0.6 is 0 Å². The van der Waals surface area contributed by atoms with Gasteiger partial charge in [0.2, 0.25) is 0 Å². The highest BCUT2D eigenvalue weighted by molar-refractivity contribution is 5.74. The van der Waals surface area contributed by atoms with E-state index in [2.05, 4.69) is 60.8 Å². The summed E-state index contributed by atoms with van der Waals surface area (Å²) in [5.74, 6) is 1.85. The summed E-state index contributed by atoms with van der Waals surface area (Å²) in [4.78, 5) is 0. The zero-order valence-corrected chi connectivity index (χ0v) is 18.5. The van der Waals surface area contributed by atoms with Crippen molar-refractivity contribution < 1.29 is 5.11 Å². The van der Waals surface area contributed by atoms with Crippen LogP contribution in [0.25, 0.3) is 11.1 Å². The molecule has 1 fully saturated rings. The molecular formula is C29H33NO. The Morgan fingerprint density at radius 3 is 2.58 bits per heavy atom. The number of nitrogens with one attached hydrogen (secondary N) is 1. The SMILES string of the molecule is Cc1ccccc1C1CCc2cc(O)cc(-c3ccccc3CCNCC3CC3)c2C1. The topological polar surface area (TPSA) is 32.3 Å². The third-order valence-corrected chi connectivity index (χ3v) is 7.18. The number of hydrogen-bond donors (Lipinski definition) is 2. The fourth-order valence-electron chi connectivity index (χ4n) is 5.26. The van der Waals surface area contributed by atoms with Crippen molar-refractivity contribution in [1.82, 2.24) is 5.32 Å². The number of phenolic OH excluding ortho intramolecular Hbond substituents is 1. The quantitative estimate of drug-likeness (QED) is 0.455. The minimum absolute atomic E-state index is 0.393. The van der Waals surface area contributed by atoms with Gasteiger partial charge in [-0.2, -0.15) is 0 Å². The largest absolute Gasteiger partial charge is 0.508 e. The van der Waals surface area contributed by atoms with Crippen molar-refractivity contribution in [2.45, 2.75) is 51.4 Å². The van der Waals surface area contributed by atoms with Crippen LogP contribution in [0.4, 0.5) is 0 Å². The highest BCUT2D eigenvalue weighted by Gasteiger charge is 2.25. The van der Waals surface area contributed by atoms with Crippen LogP contribution in [0.1, 0.15) is 53.0 Å². The molecule has 3 aromatic carbocycles. The van der Waals surface area contributed by atoms with Gasteiger partial charge in [-0.1, -0.05) is 48.5 Å². The summed E-state index contributed by atoms with van der Waals surface area (Å²) in [5, 5.41) is 14.2. The van der Waals surface area contributed by atoms with E-state index in [1.807, 2.05) is 12.1 Å². The molecule has 0 aromatic heterocycles. The Balaban J connectivity index is 1.45. The van der Waals surface area contributed by atoms with Gasteiger partial charge in [0.05, 0.1) is 0 Å². The molecular weight excluding hydrogens is 378 g/mol. The highest BCUT2D eigenvalue weighted by Crippen LogP contribution is 2.41. The van der Waals surface area contributed by atoms with Crippen molar-refractivity contribution in [3.8, 4) is 16.9 Å². The average molecular weight is 412 g/mol. The molecule has 5 rings (SSSR count). The van der Waals surface area contributed by atoms with E-state index < -0.39 is 0 Å². The first kappa shape index (κ1) is 20.3. The molecule has 0 aliphatic heterocycles. The molecule has 1 saturated carbocycles. The van der Waals surface area contributed by atoms with Crippen molar-refractivity contribution in [3.05, 3.63) is 88.5 Å². The van der Waals surface area contributed by atoms with E-state index in [-0.39, 0.29) is 0 Å². The lowest BCUT2D eigenvalue weighted by atomic mass is 9.76. The first-order valence-corrected chi connectivity index (χ1v) is 11.9. The Bertz CT molecular complexity index is 1070. The maximum atomic E-state index is 10.5. The van der Waals surface area contributed by atoms with E-state index >= 15 is 0 Å². The summed E-state index contributed by atoms with van der Waals surface area (Å²) < 4.78 is 0. The zero-order valence-electron chi connectivity index (χ0n) is 18.5. The molecule has 0 saturated heterocycles. The molecule has 160 valence electrons. The normalized spacial score (nSPS) is 18.0. The Labute approximate surface area is 186 Å². The lowest BCUT2D eigenvalue weighted by Gasteiger charge is -2.29. The van der Waals surface area contributed by atoms with Crippen molar-refractivity contribution >= 4 is 0 Å². The molecule has 0 heterocycles. The van der Waals surface area contributed by atoms with E-state index in [0.717, 1.165) is 44.7 Å². The number of benzene rings is 3. The van der Waals surface area contributed by atoms with Gasteiger partial charge in [-0.3, -0.25) is 0 Å². The summed E-state index contributed by atoms with van der Waals surface area (Å²) in [6.07, 6.45) is 7.02. The summed E-state index contributed by atoms with van der Waals surface area (Å²) in [6.45, 7) is 4.40. The standard InChI is InChI=1S/C29H33NO/c1-20-6-2-4-8-26(20)24-13-12-23-16-25(31)18-29(28(23)17-24)27-9-5-3-7-22(27)14-15-30-19-21-10-11-21/h2-9,16,18,21,24,30-31H,10-15,17,19H2,1H3. The predicted octanol–water partition coefficient (Wildman–Crippen LogP) is 6.18. The fourth-order valence-corrected chi connectivity index (χ4v) is 5.26. The third kappa shape index (κ3) is 4.55. The molecule has 1 unspecified atom stereocenters. The Kier molecular flexibility index (Phi) is 5.82. The molecule has 2 N–H and O–H groups in total. The van der Waals surface area contributed by atoms with Crippen molar-refractivity contribution in [2.75, 3.05) is 13.1 Å². The number of rotatable bonds is 7.